The van der Waals surface area contributed by atoms with Crippen molar-refractivity contribution in [1.82, 2.24) is 10.6 Å². The van der Waals surface area contributed by atoms with Gasteiger partial charge < -0.3 is 20.5 Å². The Kier molecular flexibility index (Phi) is 9.33. The molecule has 1 aromatic rings. The van der Waals surface area contributed by atoms with Gasteiger partial charge in [-0.2, -0.15) is 0 Å². The van der Waals surface area contributed by atoms with Crippen LogP contribution in [0.5, 0.6) is 0 Å². The standard InChI is InChI=1S/C20H30N2O5/c1-5-14(4)17(19(24)25)22-18(23)16(11-13(2)3)21-20(26)27-12-15-9-7-6-8-10-15/h6-10,13-14,16-17H,5,11-12H2,1-4H3,(H,21,26)(H,22,23)(H,24,25). The third-order valence-corrected chi connectivity index (χ3v) is 4.31. The molecule has 27 heavy (non-hydrogen) atoms. The first-order chi connectivity index (χ1) is 12.7. The molecule has 0 bridgehead atoms. The number of alkyl carbamates (subject to hydrolysis) is 1. The molecule has 7 nitrogen and oxygen atoms in total. The third-order valence-electron chi connectivity index (χ3n) is 4.31. The summed E-state index contributed by atoms with van der Waals surface area (Å²) in [6.07, 6.45) is 0.271. The number of carboxylic acids is 1. The molecule has 0 fully saturated rings. The van der Waals surface area contributed by atoms with E-state index in [0.717, 1.165) is 5.56 Å². The lowest BCUT2D eigenvalue weighted by molar-refractivity contribution is -0.143. The Hall–Kier alpha value is -2.57. The van der Waals surface area contributed by atoms with E-state index in [1.165, 1.54) is 0 Å². The molecule has 0 aromatic heterocycles. The highest BCUT2D eigenvalue weighted by Gasteiger charge is 2.30. The molecule has 0 aliphatic carbocycles. The monoisotopic (exact) mass is 378 g/mol. The lowest BCUT2D eigenvalue weighted by Crippen LogP contribution is -2.53. The molecule has 2 amide bonds. The molecular weight excluding hydrogens is 348 g/mol. The highest BCUT2D eigenvalue weighted by Crippen LogP contribution is 2.11. The molecule has 0 aliphatic heterocycles. The van der Waals surface area contributed by atoms with Crippen LogP contribution < -0.4 is 10.6 Å². The molecule has 0 spiro atoms. The third kappa shape index (κ3) is 8.11. The van der Waals surface area contributed by atoms with Crippen LogP contribution in [0, 0.1) is 11.8 Å². The number of carboxylic acid groups (broad SMARTS) is 1. The van der Waals surface area contributed by atoms with Gasteiger partial charge in [0.2, 0.25) is 5.91 Å². The number of carbonyl (C=O) groups is 3. The van der Waals surface area contributed by atoms with Crippen molar-refractivity contribution in [3.05, 3.63) is 35.9 Å². The largest absolute Gasteiger partial charge is 0.480 e. The molecule has 0 heterocycles. The van der Waals surface area contributed by atoms with Crippen molar-refractivity contribution in [2.24, 2.45) is 11.8 Å². The van der Waals surface area contributed by atoms with Gasteiger partial charge in [-0.15, -0.1) is 0 Å². The zero-order valence-corrected chi connectivity index (χ0v) is 16.4. The first kappa shape index (κ1) is 22.5. The Morgan fingerprint density at radius 3 is 2.22 bits per heavy atom. The van der Waals surface area contributed by atoms with Crippen molar-refractivity contribution < 1.29 is 24.2 Å². The van der Waals surface area contributed by atoms with Crippen molar-refractivity contribution in [1.29, 1.82) is 0 Å². The quantitative estimate of drug-likeness (QED) is 0.581. The zero-order valence-electron chi connectivity index (χ0n) is 16.4. The van der Waals surface area contributed by atoms with Gasteiger partial charge in [-0.3, -0.25) is 4.79 Å². The summed E-state index contributed by atoms with van der Waals surface area (Å²) in [7, 11) is 0. The van der Waals surface area contributed by atoms with Crippen LogP contribution in [0.25, 0.3) is 0 Å². The van der Waals surface area contributed by atoms with Gasteiger partial charge in [0.1, 0.15) is 18.7 Å². The number of ether oxygens (including phenoxy) is 1. The SMILES string of the molecule is CCC(C)C(NC(=O)C(CC(C)C)NC(=O)OCc1ccccc1)C(=O)O. The van der Waals surface area contributed by atoms with Crippen LogP contribution in [0.3, 0.4) is 0 Å². The average molecular weight is 378 g/mol. The number of aliphatic carboxylic acids is 1. The maximum atomic E-state index is 12.6. The van der Waals surface area contributed by atoms with Gasteiger partial charge in [-0.1, -0.05) is 64.4 Å². The van der Waals surface area contributed by atoms with Crippen LogP contribution in [0.4, 0.5) is 4.79 Å². The number of benzene rings is 1. The van der Waals surface area contributed by atoms with Gasteiger partial charge in [0.05, 0.1) is 0 Å². The number of rotatable bonds is 10. The zero-order chi connectivity index (χ0) is 20.4. The molecule has 0 aliphatic rings. The Bertz CT molecular complexity index is 618. The number of hydrogen-bond acceptors (Lipinski definition) is 4. The molecule has 1 aromatic carbocycles. The van der Waals surface area contributed by atoms with Crippen molar-refractivity contribution >= 4 is 18.0 Å². The van der Waals surface area contributed by atoms with E-state index in [-0.39, 0.29) is 18.4 Å². The Labute approximate surface area is 160 Å². The summed E-state index contributed by atoms with van der Waals surface area (Å²) in [5.41, 5.74) is 0.834. The van der Waals surface area contributed by atoms with Crippen LogP contribution in [-0.2, 0) is 20.9 Å². The fourth-order valence-electron chi connectivity index (χ4n) is 2.55. The minimum Gasteiger partial charge on any atom is -0.480 e. The van der Waals surface area contributed by atoms with E-state index >= 15 is 0 Å². The highest BCUT2D eigenvalue weighted by molar-refractivity contribution is 5.89. The van der Waals surface area contributed by atoms with E-state index in [4.69, 9.17) is 4.74 Å². The first-order valence-electron chi connectivity index (χ1n) is 9.24. The molecule has 7 heteroatoms. The van der Waals surface area contributed by atoms with Crippen LogP contribution in [0.1, 0.15) is 46.1 Å². The predicted octanol–water partition coefficient (Wildman–Crippen LogP) is 2.94. The predicted molar refractivity (Wildman–Crippen MR) is 102 cm³/mol. The summed E-state index contributed by atoms with van der Waals surface area (Å²) in [5.74, 6) is -1.71. The number of hydrogen-bond donors (Lipinski definition) is 3. The van der Waals surface area contributed by atoms with Crippen LogP contribution in [0.15, 0.2) is 30.3 Å². The van der Waals surface area contributed by atoms with Crippen LogP contribution >= 0.6 is 0 Å². The van der Waals surface area contributed by atoms with Gasteiger partial charge in [0.15, 0.2) is 0 Å². The average Bonchev–Trinajstić information content (AvgIpc) is 2.63. The molecule has 3 N–H and O–H groups in total. The maximum absolute atomic E-state index is 12.6. The Morgan fingerprint density at radius 1 is 1.07 bits per heavy atom. The molecule has 150 valence electrons. The summed E-state index contributed by atoms with van der Waals surface area (Å²) >= 11 is 0. The van der Waals surface area contributed by atoms with E-state index in [0.29, 0.717) is 12.8 Å². The smallest absolute Gasteiger partial charge is 0.408 e. The second kappa shape index (κ2) is 11.2. The summed E-state index contributed by atoms with van der Waals surface area (Å²) in [6, 6.07) is 7.34. The van der Waals surface area contributed by atoms with Crippen molar-refractivity contribution in [2.45, 2.75) is 59.2 Å². The van der Waals surface area contributed by atoms with E-state index in [9.17, 15) is 19.5 Å². The number of nitrogens with one attached hydrogen (secondary N) is 2. The van der Waals surface area contributed by atoms with Gasteiger partial charge >= 0.3 is 12.1 Å². The Morgan fingerprint density at radius 2 is 1.70 bits per heavy atom. The van der Waals surface area contributed by atoms with E-state index < -0.39 is 30.1 Å². The molecule has 3 unspecified atom stereocenters. The van der Waals surface area contributed by atoms with Crippen LogP contribution in [0.2, 0.25) is 0 Å². The minimum atomic E-state index is -1.09. The lowest BCUT2D eigenvalue weighted by Gasteiger charge is -2.25. The van der Waals surface area contributed by atoms with E-state index in [1.807, 2.05) is 51.1 Å². The maximum Gasteiger partial charge on any atom is 0.408 e. The second-order valence-corrected chi connectivity index (χ2v) is 7.10. The highest BCUT2D eigenvalue weighted by atomic mass is 16.5. The fraction of sp³-hybridized carbons (Fsp3) is 0.550. The molecular formula is C20H30N2O5. The minimum absolute atomic E-state index is 0.0906. The van der Waals surface area contributed by atoms with Crippen molar-refractivity contribution in [3.63, 3.8) is 0 Å². The molecule has 3 atom stereocenters. The van der Waals surface area contributed by atoms with Gasteiger partial charge in [0.25, 0.3) is 0 Å². The molecule has 0 radical (unpaired) electrons. The van der Waals surface area contributed by atoms with Crippen molar-refractivity contribution in [2.75, 3.05) is 0 Å². The summed E-state index contributed by atoms with van der Waals surface area (Å²) in [6.45, 7) is 7.55. The van der Waals surface area contributed by atoms with Crippen molar-refractivity contribution in [3.8, 4) is 0 Å². The lowest BCUT2D eigenvalue weighted by atomic mass is 9.97. The summed E-state index contributed by atoms with van der Waals surface area (Å²) < 4.78 is 5.16. The Balaban J connectivity index is 2.71. The van der Waals surface area contributed by atoms with E-state index in [1.54, 1.807) is 6.92 Å². The summed E-state index contributed by atoms with van der Waals surface area (Å²) in [5, 5.41) is 14.4. The van der Waals surface area contributed by atoms with E-state index in [2.05, 4.69) is 10.6 Å². The normalized spacial score (nSPS) is 14.1. The topological polar surface area (TPSA) is 105 Å². The molecule has 1 rings (SSSR count). The van der Waals surface area contributed by atoms with Gasteiger partial charge in [-0.05, 0) is 23.8 Å². The first-order valence-corrected chi connectivity index (χ1v) is 9.24. The number of amides is 2. The van der Waals surface area contributed by atoms with Gasteiger partial charge in [-0.25, -0.2) is 9.59 Å². The molecule has 0 saturated heterocycles. The number of carbonyl (C=O) groups excluding carboxylic acids is 2. The second-order valence-electron chi connectivity index (χ2n) is 7.10. The van der Waals surface area contributed by atoms with Crippen LogP contribution in [-0.4, -0.2) is 35.2 Å². The summed E-state index contributed by atoms with van der Waals surface area (Å²) in [4.78, 5) is 36.1. The van der Waals surface area contributed by atoms with Gasteiger partial charge in [0, 0.05) is 0 Å². The fourth-order valence-corrected chi connectivity index (χ4v) is 2.55. The molecule has 0 saturated carbocycles.